The fourth-order valence-electron chi connectivity index (χ4n) is 4.31. The molecule has 4 atom stereocenters. The average molecular weight is 490 g/mol. The third-order valence-electron chi connectivity index (χ3n) is 6.33. The number of phenols is 1. The van der Waals surface area contributed by atoms with Crippen molar-refractivity contribution in [2.75, 3.05) is 19.0 Å². The summed E-state index contributed by atoms with van der Waals surface area (Å²) in [6.07, 6.45) is 7.08. The first-order valence-electron chi connectivity index (χ1n) is 12.8. The van der Waals surface area contributed by atoms with Crippen molar-refractivity contribution in [3.05, 3.63) is 47.1 Å². The number of rotatable bonds is 15. The van der Waals surface area contributed by atoms with Gasteiger partial charge >= 0.3 is 0 Å². The zero-order chi connectivity index (χ0) is 26.5. The molecule has 1 rings (SSSR count). The topological polar surface area (TPSA) is 99.0 Å². The molecule has 4 N–H and O–H groups in total. The van der Waals surface area contributed by atoms with Crippen LogP contribution in [0, 0.1) is 17.8 Å². The van der Waals surface area contributed by atoms with Crippen molar-refractivity contribution < 1.29 is 24.9 Å². The highest BCUT2D eigenvalue weighted by Crippen LogP contribution is 2.25. The molecule has 1 amide bonds. The zero-order valence-electron chi connectivity index (χ0n) is 22.7. The van der Waals surface area contributed by atoms with Crippen LogP contribution >= 0.6 is 0 Å². The van der Waals surface area contributed by atoms with Gasteiger partial charge in [-0.1, -0.05) is 46.8 Å². The summed E-state index contributed by atoms with van der Waals surface area (Å²) in [7, 11) is 1.58. The lowest BCUT2D eigenvalue weighted by molar-refractivity contribution is -0.112. The van der Waals surface area contributed by atoms with E-state index in [-0.39, 0.29) is 36.2 Å². The summed E-state index contributed by atoms with van der Waals surface area (Å²) in [6, 6.07) is 5.10. The minimum Gasteiger partial charge on any atom is -0.508 e. The van der Waals surface area contributed by atoms with Gasteiger partial charge in [0.05, 0.1) is 18.8 Å². The molecule has 0 aliphatic carbocycles. The molecule has 1 aromatic carbocycles. The number of allylic oxidation sites excluding steroid dienone is 2. The third-order valence-corrected chi connectivity index (χ3v) is 6.33. The van der Waals surface area contributed by atoms with Gasteiger partial charge in [-0.2, -0.15) is 0 Å². The van der Waals surface area contributed by atoms with Gasteiger partial charge in [0.2, 0.25) is 0 Å². The lowest BCUT2D eigenvalue weighted by Gasteiger charge is -2.21. The highest BCUT2D eigenvalue weighted by atomic mass is 16.5. The van der Waals surface area contributed by atoms with E-state index >= 15 is 0 Å². The quantitative estimate of drug-likeness (QED) is 0.189. The Morgan fingerprint density at radius 2 is 1.86 bits per heavy atom. The highest BCUT2D eigenvalue weighted by Gasteiger charge is 2.18. The van der Waals surface area contributed by atoms with Crippen molar-refractivity contribution in [1.82, 2.24) is 0 Å². The van der Waals surface area contributed by atoms with Gasteiger partial charge in [-0.15, -0.1) is 0 Å². The van der Waals surface area contributed by atoms with Crippen molar-refractivity contribution in [2.24, 2.45) is 17.8 Å². The number of phenolic OH excluding ortho intramolecular Hbond substituents is 1. The number of benzene rings is 1. The van der Waals surface area contributed by atoms with Gasteiger partial charge in [-0.3, -0.25) is 4.79 Å². The first kappa shape index (κ1) is 30.9. The van der Waals surface area contributed by atoms with Gasteiger partial charge < -0.3 is 25.4 Å². The summed E-state index contributed by atoms with van der Waals surface area (Å²) in [4.78, 5) is 12.7. The van der Waals surface area contributed by atoms with Crippen LogP contribution in [-0.4, -0.2) is 47.2 Å². The second-order valence-corrected chi connectivity index (χ2v) is 10.2. The molecule has 0 saturated heterocycles. The number of aromatic hydroxyl groups is 1. The van der Waals surface area contributed by atoms with Crippen LogP contribution in [0.2, 0.25) is 0 Å². The fourth-order valence-corrected chi connectivity index (χ4v) is 4.31. The van der Waals surface area contributed by atoms with E-state index in [2.05, 4.69) is 39.1 Å². The fraction of sp³-hybridized carbons (Fsp3) is 0.621. The normalized spacial score (nSPS) is 16.2. The minimum atomic E-state index is -0.463. The number of amides is 1. The van der Waals surface area contributed by atoms with Crippen molar-refractivity contribution in [1.29, 1.82) is 0 Å². The first-order valence-corrected chi connectivity index (χ1v) is 12.8. The van der Waals surface area contributed by atoms with Crippen LogP contribution in [0.25, 0.3) is 0 Å². The molecule has 0 aromatic heterocycles. The third kappa shape index (κ3) is 11.4. The van der Waals surface area contributed by atoms with Crippen molar-refractivity contribution >= 4 is 11.6 Å². The molecule has 198 valence electrons. The van der Waals surface area contributed by atoms with Crippen molar-refractivity contribution in [3.8, 4) is 5.75 Å². The highest BCUT2D eigenvalue weighted by molar-refractivity contribution is 6.03. The molecule has 0 heterocycles. The van der Waals surface area contributed by atoms with Gasteiger partial charge in [0.25, 0.3) is 5.91 Å². The summed E-state index contributed by atoms with van der Waals surface area (Å²) in [5, 5.41) is 33.0. The summed E-state index contributed by atoms with van der Waals surface area (Å²) in [6.45, 7) is 12.2. The van der Waals surface area contributed by atoms with Crippen LogP contribution in [0.15, 0.2) is 41.5 Å². The van der Waals surface area contributed by atoms with Crippen LogP contribution in [0.4, 0.5) is 5.69 Å². The number of aliphatic hydroxyl groups is 2. The van der Waals surface area contributed by atoms with Crippen LogP contribution in [-0.2, 0) is 16.0 Å². The monoisotopic (exact) mass is 489 g/mol. The van der Waals surface area contributed by atoms with E-state index in [1.54, 1.807) is 20.1 Å². The second kappa shape index (κ2) is 15.8. The van der Waals surface area contributed by atoms with Crippen LogP contribution in [0.3, 0.4) is 0 Å². The Morgan fingerprint density at radius 1 is 1.17 bits per heavy atom. The second-order valence-electron chi connectivity index (χ2n) is 10.2. The number of ether oxygens (including phenoxy) is 1. The van der Waals surface area contributed by atoms with Crippen LogP contribution in [0.1, 0.15) is 72.8 Å². The Bertz CT molecular complexity index is 841. The van der Waals surface area contributed by atoms with E-state index < -0.39 is 6.10 Å². The number of carbonyl (C=O) groups is 1. The van der Waals surface area contributed by atoms with Gasteiger partial charge in [-0.05, 0) is 80.1 Å². The SMILES string of the molecule is CC/C(=C\C(C)C)C(O)C(C)CC/C=C(\C)C(=O)Nc1cc(O)cc(CC(C)CC(CO)OC)c1. The largest absolute Gasteiger partial charge is 0.508 e. The number of hydrogen-bond donors (Lipinski definition) is 4. The predicted octanol–water partition coefficient (Wildman–Crippen LogP) is 5.62. The number of aliphatic hydroxyl groups excluding tert-OH is 2. The van der Waals surface area contributed by atoms with Gasteiger partial charge in [-0.25, -0.2) is 0 Å². The van der Waals surface area contributed by atoms with E-state index in [0.29, 0.717) is 36.4 Å². The summed E-state index contributed by atoms with van der Waals surface area (Å²) in [5.74, 6) is 0.630. The zero-order valence-corrected chi connectivity index (χ0v) is 22.7. The molecule has 0 aliphatic rings. The van der Waals surface area contributed by atoms with E-state index in [0.717, 1.165) is 24.0 Å². The molecule has 0 saturated carbocycles. The molecule has 35 heavy (non-hydrogen) atoms. The number of carbonyl (C=O) groups excluding carboxylic acids is 1. The van der Waals surface area contributed by atoms with Crippen LogP contribution in [0.5, 0.6) is 5.75 Å². The molecule has 1 aromatic rings. The molecular weight excluding hydrogens is 442 g/mol. The van der Waals surface area contributed by atoms with E-state index in [4.69, 9.17) is 4.74 Å². The maximum atomic E-state index is 12.7. The van der Waals surface area contributed by atoms with Crippen LogP contribution < -0.4 is 5.32 Å². The Balaban J connectivity index is 2.72. The van der Waals surface area contributed by atoms with Crippen molar-refractivity contribution in [3.63, 3.8) is 0 Å². The lowest BCUT2D eigenvalue weighted by Crippen LogP contribution is -2.20. The number of hydrogen-bond acceptors (Lipinski definition) is 5. The predicted molar refractivity (Wildman–Crippen MR) is 143 cm³/mol. The molecule has 6 heteroatoms. The Labute approximate surface area is 212 Å². The molecule has 0 radical (unpaired) electrons. The standard InChI is InChI=1S/C29H47NO5/c1-8-24(12-19(2)3)28(33)21(5)10-9-11-22(6)29(34)30-25-15-23(16-26(32)17-25)13-20(4)14-27(18-31)35-7/h11-12,15-17,19-21,27-28,31-33H,8-10,13-14,18H2,1-7H3,(H,30,34)/b22-11+,24-12+. The van der Waals surface area contributed by atoms with Gasteiger partial charge in [0.15, 0.2) is 0 Å². The maximum Gasteiger partial charge on any atom is 0.250 e. The van der Waals surface area contributed by atoms with Gasteiger partial charge in [0.1, 0.15) is 5.75 Å². The molecule has 0 aliphatic heterocycles. The smallest absolute Gasteiger partial charge is 0.250 e. The van der Waals surface area contributed by atoms with E-state index in [9.17, 15) is 20.1 Å². The van der Waals surface area contributed by atoms with E-state index in [1.165, 1.54) is 6.07 Å². The minimum absolute atomic E-state index is 0.0278. The molecule has 4 unspecified atom stereocenters. The van der Waals surface area contributed by atoms with E-state index in [1.807, 2.05) is 19.1 Å². The Morgan fingerprint density at radius 3 is 2.43 bits per heavy atom. The summed E-state index contributed by atoms with van der Waals surface area (Å²) >= 11 is 0. The average Bonchev–Trinajstić information content (AvgIpc) is 2.79. The number of methoxy groups -OCH3 is 1. The number of anilines is 1. The molecular formula is C29H47NO5. The summed E-state index contributed by atoms with van der Waals surface area (Å²) in [5.41, 5.74) is 3.13. The summed E-state index contributed by atoms with van der Waals surface area (Å²) < 4.78 is 5.25. The van der Waals surface area contributed by atoms with Crippen molar-refractivity contribution in [2.45, 2.75) is 85.9 Å². The molecule has 0 bridgehead atoms. The van der Waals surface area contributed by atoms with Gasteiger partial charge in [0, 0.05) is 24.4 Å². The molecule has 6 nitrogen and oxygen atoms in total. The lowest BCUT2D eigenvalue weighted by atomic mass is 9.90. The molecule has 0 spiro atoms. The molecule has 0 fully saturated rings. The first-order chi connectivity index (χ1) is 16.5. The maximum absolute atomic E-state index is 12.7. The number of nitrogens with one attached hydrogen (secondary N) is 1. The Hall–Kier alpha value is -2.15. The Kier molecular flexibility index (Phi) is 13.9.